The number of benzene rings is 1. The summed E-state index contributed by atoms with van der Waals surface area (Å²) in [4.78, 5) is 0. The zero-order valence-electron chi connectivity index (χ0n) is 5.50. The molecular formula is C7H5FN2O. The second-order valence-electron chi connectivity index (χ2n) is 2.01. The van der Waals surface area contributed by atoms with Crippen LogP contribution in [-0.4, -0.2) is 5.11 Å². The predicted molar refractivity (Wildman–Crippen MR) is 37.2 cm³/mol. The lowest BCUT2D eigenvalue weighted by molar-refractivity contribution is 0.431. The van der Waals surface area contributed by atoms with Crippen molar-refractivity contribution in [3.63, 3.8) is 0 Å². The Labute approximate surface area is 62.5 Å². The SMILES string of the molecule is N#Cc1cc(N)cc(F)c1O. The number of hydrogen-bond donors (Lipinski definition) is 2. The van der Waals surface area contributed by atoms with Crippen molar-refractivity contribution in [2.75, 3.05) is 5.73 Å². The average Bonchev–Trinajstić information content (AvgIpc) is 1.96. The third-order valence-corrected chi connectivity index (χ3v) is 1.21. The lowest BCUT2D eigenvalue weighted by Gasteiger charge is -1.98. The molecule has 3 N–H and O–H groups in total. The summed E-state index contributed by atoms with van der Waals surface area (Å²) >= 11 is 0. The van der Waals surface area contributed by atoms with Gasteiger partial charge in [-0.15, -0.1) is 0 Å². The van der Waals surface area contributed by atoms with Crippen LogP contribution < -0.4 is 5.73 Å². The molecule has 0 aliphatic carbocycles. The van der Waals surface area contributed by atoms with E-state index in [-0.39, 0.29) is 11.3 Å². The molecule has 1 rings (SSSR count). The second-order valence-corrected chi connectivity index (χ2v) is 2.01. The lowest BCUT2D eigenvalue weighted by atomic mass is 10.2. The van der Waals surface area contributed by atoms with Gasteiger partial charge in [0, 0.05) is 11.8 Å². The number of halogens is 1. The summed E-state index contributed by atoms with van der Waals surface area (Å²) in [5.41, 5.74) is 5.17. The smallest absolute Gasteiger partial charge is 0.169 e. The minimum Gasteiger partial charge on any atom is -0.504 e. The van der Waals surface area contributed by atoms with Crippen LogP contribution in [0, 0.1) is 17.1 Å². The first-order valence-corrected chi connectivity index (χ1v) is 2.83. The molecule has 0 bridgehead atoms. The van der Waals surface area contributed by atoms with Gasteiger partial charge in [0.15, 0.2) is 11.6 Å². The summed E-state index contributed by atoms with van der Waals surface area (Å²) in [6.07, 6.45) is 0. The van der Waals surface area contributed by atoms with Gasteiger partial charge in [-0.3, -0.25) is 0 Å². The van der Waals surface area contributed by atoms with Gasteiger partial charge in [0.25, 0.3) is 0 Å². The van der Waals surface area contributed by atoms with Crippen molar-refractivity contribution in [1.29, 1.82) is 5.26 Å². The third-order valence-electron chi connectivity index (χ3n) is 1.21. The monoisotopic (exact) mass is 152 g/mol. The number of aromatic hydroxyl groups is 1. The Morgan fingerprint density at radius 2 is 2.18 bits per heavy atom. The Kier molecular flexibility index (Phi) is 1.65. The summed E-state index contributed by atoms with van der Waals surface area (Å²) in [5.74, 6) is -1.52. The van der Waals surface area contributed by atoms with Crippen LogP contribution in [0.4, 0.5) is 10.1 Å². The number of nitrogen functional groups attached to an aromatic ring is 1. The molecular weight excluding hydrogens is 147 g/mol. The highest BCUT2D eigenvalue weighted by molar-refractivity contribution is 5.53. The van der Waals surface area contributed by atoms with E-state index >= 15 is 0 Å². The molecule has 0 heterocycles. The molecule has 3 nitrogen and oxygen atoms in total. The van der Waals surface area contributed by atoms with E-state index in [0.29, 0.717) is 0 Å². The van der Waals surface area contributed by atoms with E-state index in [1.54, 1.807) is 6.07 Å². The van der Waals surface area contributed by atoms with Gasteiger partial charge in [0.2, 0.25) is 0 Å². The number of phenolic OH excluding ortho intramolecular Hbond substituents is 1. The molecule has 4 heteroatoms. The molecule has 0 atom stereocenters. The van der Waals surface area contributed by atoms with Gasteiger partial charge in [0.1, 0.15) is 6.07 Å². The fourth-order valence-corrected chi connectivity index (χ4v) is 0.705. The maximum Gasteiger partial charge on any atom is 0.169 e. The van der Waals surface area contributed by atoms with E-state index in [1.807, 2.05) is 0 Å². The molecule has 0 unspecified atom stereocenters. The third kappa shape index (κ3) is 1.22. The average molecular weight is 152 g/mol. The molecule has 0 radical (unpaired) electrons. The summed E-state index contributed by atoms with van der Waals surface area (Å²) in [5, 5.41) is 17.2. The van der Waals surface area contributed by atoms with Crippen LogP contribution in [0.25, 0.3) is 0 Å². The van der Waals surface area contributed by atoms with E-state index in [1.165, 1.54) is 6.07 Å². The molecule has 11 heavy (non-hydrogen) atoms. The summed E-state index contributed by atoms with van der Waals surface area (Å²) in [6, 6.07) is 3.77. The number of rotatable bonds is 0. The predicted octanol–water partition coefficient (Wildman–Crippen LogP) is 0.985. The molecule has 0 spiro atoms. The lowest BCUT2D eigenvalue weighted by Crippen LogP contribution is -1.89. The fourth-order valence-electron chi connectivity index (χ4n) is 0.705. The molecule has 0 amide bonds. The minimum absolute atomic E-state index is 0.122. The highest BCUT2D eigenvalue weighted by atomic mass is 19.1. The van der Waals surface area contributed by atoms with Crippen LogP contribution >= 0.6 is 0 Å². The normalized spacial score (nSPS) is 9.09. The Morgan fingerprint density at radius 1 is 1.55 bits per heavy atom. The number of hydrogen-bond acceptors (Lipinski definition) is 3. The summed E-state index contributed by atoms with van der Waals surface area (Å²) < 4.78 is 12.5. The number of nitrogens with zero attached hydrogens (tertiary/aromatic N) is 1. The van der Waals surface area contributed by atoms with Crippen LogP contribution in [0.15, 0.2) is 12.1 Å². The largest absolute Gasteiger partial charge is 0.504 e. The van der Waals surface area contributed by atoms with Gasteiger partial charge in [-0.25, -0.2) is 4.39 Å². The van der Waals surface area contributed by atoms with Gasteiger partial charge in [-0.2, -0.15) is 5.26 Å². The van der Waals surface area contributed by atoms with Crippen molar-refractivity contribution < 1.29 is 9.50 Å². The highest BCUT2D eigenvalue weighted by Gasteiger charge is 2.06. The van der Waals surface area contributed by atoms with E-state index in [9.17, 15) is 4.39 Å². The molecule has 0 fully saturated rings. The molecule has 0 aliphatic heterocycles. The molecule has 1 aromatic carbocycles. The molecule has 0 saturated carbocycles. The molecule has 0 aliphatic rings. The summed E-state index contributed by atoms with van der Waals surface area (Å²) in [7, 11) is 0. The Morgan fingerprint density at radius 3 is 2.73 bits per heavy atom. The topological polar surface area (TPSA) is 70.0 Å². The molecule has 56 valence electrons. The first-order valence-electron chi connectivity index (χ1n) is 2.83. The molecule has 1 aromatic rings. The Bertz CT molecular complexity index is 330. The van der Waals surface area contributed by atoms with Crippen molar-refractivity contribution in [3.05, 3.63) is 23.5 Å². The number of nitrogens with two attached hydrogens (primary N) is 1. The first kappa shape index (κ1) is 7.35. The van der Waals surface area contributed by atoms with E-state index in [4.69, 9.17) is 16.1 Å². The van der Waals surface area contributed by atoms with Gasteiger partial charge in [-0.1, -0.05) is 0 Å². The maximum atomic E-state index is 12.5. The minimum atomic E-state index is -0.874. The van der Waals surface area contributed by atoms with Crippen molar-refractivity contribution in [2.24, 2.45) is 0 Å². The van der Waals surface area contributed by atoms with Gasteiger partial charge < -0.3 is 10.8 Å². The van der Waals surface area contributed by atoms with Crippen LogP contribution in [0.5, 0.6) is 5.75 Å². The van der Waals surface area contributed by atoms with E-state index < -0.39 is 11.6 Å². The Hall–Kier alpha value is -1.76. The van der Waals surface area contributed by atoms with Gasteiger partial charge in [0.05, 0.1) is 5.56 Å². The summed E-state index contributed by atoms with van der Waals surface area (Å²) in [6.45, 7) is 0. The van der Waals surface area contributed by atoms with Crippen molar-refractivity contribution in [3.8, 4) is 11.8 Å². The van der Waals surface area contributed by atoms with Gasteiger partial charge in [-0.05, 0) is 6.07 Å². The Balaban J connectivity index is 3.39. The van der Waals surface area contributed by atoms with Crippen molar-refractivity contribution in [2.45, 2.75) is 0 Å². The zero-order chi connectivity index (χ0) is 8.43. The van der Waals surface area contributed by atoms with Gasteiger partial charge >= 0.3 is 0 Å². The highest BCUT2D eigenvalue weighted by Crippen LogP contribution is 2.22. The standard InChI is InChI=1S/C7H5FN2O/c8-6-2-5(10)1-4(3-9)7(6)11/h1-2,11H,10H2. The number of nitriles is 1. The van der Waals surface area contributed by atoms with Crippen molar-refractivity contribution in [1.82, 2.24) is 0 Å². The van der Waals surface area contributed by atoms with Crippen molar-refractivity contribution >= 4 is 5.69 Å². The number of phenols is 1. The fraction of sp³-hybridized carbons (Fsp3) is 0. The van der Waals surface area contributed by atoms with E-state index in [0.717, 1.165) is 6.07 Å². The van der Waals surface area contributed by atoms with E-state index in [2.05, 4.69) is 0 Å². The van der Waals surface area contributed by atoms with Crippen LogP contribution in [-0.2, 0) is 0 Å². The zero-order valence-corrected chi connectivity index (χ0v) is 5.50. The van der Waals surface area contributed by atoms with Crippen LogP contribution in [0.3, 0.4) is 0 Å². The van der Waals surface area contributed by atoms with Crippen LogP contribution in [0.2, 0.25) is 0 Å². The molecule has 0 aromatic heterocycles. The molecule has 0 saturated heterocycles. The van der Waals surface area contributed by atoms with Crippen LogP contribution in [0.1, 0.15) is 5.56 Å². The first-order chi connectivity index (χ1) is 5.15. The second kappa shape index (κ2) is 2.46. The quantitative estimate of drug-likeness (QED) is 0.430. The number of anilines is 1. The maximum absolute atomic E-state index is 12.5.